The molecule has 1 N–H and O–H groups in total. The molecule has 2 nitrogen and oxygen atoms in total. The molecular formula is C11H21NOS. The standard InChI is InChI=1S/C11H21NOS/c1-7-6-10(7)11-9(3)14(13)5-4-8(2)12-11/h7-12H,4-6H2,1-3H3. The summed E-state index contributed by atoms with van der Waals surface area (Å²) in [5.41, 5.74) is 0. The van der Waals surface area contributed by atoms with Gasteiger partial charge in [-0.3, -0.25) is 4.21 Å². The van der Waals surface area contributed by atoms with Gasteiger partial charge in [-0.2, -0.15) is 0 Å². The van der Waals surface area contributed by atoms with Crippen molar-refractivity contribution >= 4 is 10.8 Å². The molecule has 6 unspecified atom stereocenters. The van der Waals surface area contributed by atoms with Gasteiger partial charge in [0.05, 0.1) is 0 Å². The summed E-state index contributed by atoms with van der Waals surface area (Å²) >= 11 is 0. The summed E-state index contributed by atoms with van der Waals surface area (Å²) in [6.45, 7) is 6.67. The average Bonchev–Trinajstić information content (AvgIpc) is 2.86. The summed E-state index contributed by atoms with van der Waals surface area (Å²) < 4.78 is 11.9. The van der Waals surface area contributed by atoms with E-state index < -0.39 is 10.8 Å². The Balaban J connectivity index is 2.07. The summed E-state index contributed by atoms with van der Waals surface area (Å²) in [7, 11) is -0.611. The third kappa shape index (κ3) is 2.03. The molecule has 82 valence electrons. The van der Waals surface area contributed by atoms with Gasteiger partial charge in [-0.05, 0) is 38.5 Å². The maximum absolute atomic E-state index is 11.9. The molecule has 0 aromatic heterocycles. The molecule has 0 amide bonds. The van der Waals surface area contributed by atoms with Crippen LogP contribution in [0, 0.1) is 11.8 Å². The van der Waals surface area contributed by atoms with E-state index in [2.05, 4.69) is 26.1 Å². The van der Waals surface area contributed by atoms with Crippen molar-refractivity contribution in [3.63, 3.8) is 0 Å². The zero-order valence-electron chi connectivity index (χ0n) is 9.32. The minimum Gasteiger partial charge on any atom is -0.310 e. The lowest BCUT2D eigenvalue weighted by Gasteiger charge is -2.24. The van der Waals surface area contributed by atoms with Gasteiger partial charge in [-0.25, -0.2) is 0 Å². The number of hydrogen-bond acceptors (Lipinski definition) is 2. The second-order valence-corrected chi connectivity index (χ2v) is 6.96. The van der Waals surface area contributed by atoms with E-state index in [1.165, 1.54) is 6.42 Å². The van der Waals surface area contributed by atoms with E-state index >= 15 is 0 Å². The Bertz CT molecular complexity index is 243. The van der Waals surface area contributed by atoms with E-state index in [0.717, 1.165) is 24.0 Å². The second-order valence-electron chi connectivity index (χ2n) is 5.05. The van der Waals surface area contributed by atoms with Crippen LogP contribution in [0.2, 0.25) is 0 Å². The van der Waals surface area contributed by atoms with Crippen molar-refractivity contribution in [2.45, 2.75) is 50.9 Å². The van der Waals surface area contributed by atoms with Gasteiger partial charge in [-0.1, -0.05) is 6.92 Å². The van der Waals surface area contributed by atoms with Crippen molar-refractivity contribution in [2.75, 3.05) is 5.75 Å². The highest BCUT2D eigenvalue weighted by Gasteiger charge is 2.44. The van der Waals surface area contributed by atoms with Crippen molar-refractivity contribution in [3.05, 3.63) is 0 Å². The molecule has 1 saturated carbocycles. The fourth-order valence-corrected chi connectivity index (χ4v) is 4.08. The van der Waals surface area contributed by atoms with Crippen LogP contribution in [0.25, 0.3) is 0 Å². The Morgan fingerprint density at radius 1 is 1.29 bits per heavy atom. The molecule has 1 aliphatic carbocycles. The van der Waals surface area contributed by atoms with Crippen LogP contribution in [0.3, 0.4) is 0 Å². The molecule has 2 rings (SSSR count). The molecule has 2 fully saturated rings. The largest absolute Gasteiger partial charge is 0.310 e. The van der Waals surface area contributed by atoms with E-state index in [9.17, 15) is 4.21 Å². The molecule has 1 aliphatic heterocycles. The minimum atomic E-state index is -0.611. The lowest BCUT2D eigenvalue weighted by atomic mass is 10.1. The highest BCUT2D eigenvalue weighted by Crippen LogP contribution is 2.42. The zero-order valence-corrected chi connectivity index (χ0v) is 10.1. The number of rotatable bonds is 1. The van der Waals surface area contributed by atoms with Crippen molar-refractivity contribution in [1.82, 2.24) is 5.32 Å². The first-order chi connectivity index (χ1) is 6.59. The zero-order chi connectivity index (χ0) is 10.3. The summed E-state index contributed by atoms with van der Waals surface area (Å²) in [5, 5.41) is 4.00. The van der Waals surface area contributed by atoms with Crippen molar-refractivity contribution in [1.29, 1.82) is 0 Å². The second kappa shape index (κ2) is 3.93. The summed E-state index contributed by atoms with van der Waals surface area (Å²) in [5.74, 6) is 2.51. The molecule has 6 atom stereocenters. The summed E-state index contributed by atoms with van der Waals surface area (Å²) in [4.78, 5) is 0. The quantitative estimate of drug-likeness (QED) is 0.719. The first-order valence-electron chi connectivity index (χ1n) is 5.73. The third-order valence-electron chi connectivity index (χ3n) is 3.78. The fourth-order valence-electron chi connectivity index (χ4n) is 2.51. The highest BCUT2D eigenvalue weighted by atomic mass is 32.2. The summed E-state index contributed by atoms with van der Waals surface area (Å²) in [6, 6.07) is 1.05. The lowest BCUT2D eigenvalue weighted by Crippen LogP contribution is -2.44. The van der Waals surface area contributed by atoms with Crippen molar-refractivity contribution < 1.29 is 4.21 Å². The molecule has 0 spiro atoms. The Hall–Kier alpha value is 0.110. The smallest absolute Gasteiger partial charge is 0.0475 e. The normalized spacial score (nSPS) is 53.9. The van der Waals surface area contributed by atoms with Crippen molar-refractivity contribution in [2.24, 2.45) is 11.8 Å². The van der Waals surface area contributed by atoms with Gasteiger partial charge in [0.1, 0.15) is 0 Å². The molecule has 2 aliphatic rings. The Morgan fingerprint density at radius 2 is 1.93 bits per heavy atom. The van der Waals surface area contributed by atoms with Crippen LogP contribution in [-0.4, -0.2) is 27.3 Å². The van der Waals surface area contributed by atoms with E-state index in [1.54, 1.807) is 0 Å². The van der Waals surface area contributed by atoms with E-state index in [0.29, 0.717) is 17.3 Å². The van der Waals surface area contributed by atoms with Gasteiger partial charge in [0, 0.05) is 33.9 Å². The first kappa shape index (κ1) is 10.6. The lowest BCUT2D eigenvalue weighted by molar-refractivity contribution is 0.396. The van der Waals surface area contributed by atoms with Gasteiger partial charge in [0.2, 0.25) is 0 Å². The van der Waals surface area contributed by atoms with Gasteiger partial charge in [0.25, 0.3) is 0 Å². The first-order valence-corrected chi connectivity index (χ1v) is 7.11. The maximum Gasteiger partial charge on any atom is 0.0475 e. The van der Waals surface area contributed by atoms with Crippen LogP contribution in [0.4, 0.5) is 0 Å². The molecule has 14 heavy (non-hydrogen) atoms. The predicted molar refractivity (Wildman–Crippen MR) is 60.7 cm³/mol. The van der Waals surface area contributed by atoms with Crippen LogP contribution in [0.5, 0.6) is 0 Å². The van der Waals surface area contributed by atoms with Crippen LogP contribution in [0.1, 0.15) is 33.6 Å². The van der Waals surface area contributed by atoms with Crippen LogP contribution in [-0.2, 0) is 10.8 Å². The van der Waals surface area contributed by atoms with Gasteiger partial charge in [0.15, 0.2) is 0 Å². The topological polar surface area (TPSA) is 29.1 Å². The molecule has 1 saturated heterocycles. The highest BCUT2D eigenvalue weighted by molar-refractivity contribution is 7.85. The van der Waals surface area contributed by atoms with Gasteiger partial charge >= 0.3 is 0 Å². The molecular weight excluding hydrogens is 194 g/mol. The predicted octanol–water partition coefficient (Wildman–Crippen LogP) is 1.53. The maximum atomic E-state index is 11.9. The van der Waals surface area contributed by atoms with E-state index in [-0.39, 0.29) is 0 Å². The number of hydrogen-bond donors (Lipinski definition) is 1. The molecule has 0 radical (unpaired) electrons. The average molecular weight is 215 g/mol. The molecule has 0 bridgehead atoms. The van der Waals surface area contributed by atoms with Crippen LogP contribution in [0.15, 0.2) is 0 Å². The van der Waals surface area contributed by atoms with Crippen LogP contribution >= 0.6 is 0 Å². The molecule has 1 heterocycles. The van der Waals surface area contributed by atoms with E-state index in [4.69, 9.17) is 0 Å². The molecule has 3 heteroatoms. The summed E-state index contributed by atoms with van der Waals surface area (Å²) in [6.07, 6.45) is 2.39. The minimum absolute atomic E-state index is 0.342. The third-order valence-corrected chi connectivity index (χ3v) is 5.54. The van der Waals surface area contributed by atoms with E-state index in [1.807, 2.05) is 0 Å². The van der Waals surface area contributed by atoms with Crippen LogP contribution < -0.4 is 5.32 Å². The Morgan fingerprint density at radius 3 is 2.50 bits per heavy atom. The monoisotopic (exact) mass is 215 g/mol. The number of nitrogens with one attached hydrogen (secondary N) is 1. The fraction of sp³-hybridized carbons (Fsp3) is 1.00. The Kier molecular flexibility index (Phi) is 2.98. The van der Waals surface area contributed by atoms with Crippen molar-refractivity contribution in [3.8, 4) is 0 Å². The molecule has 0 aromatic rings. The molecule has 0 aromatic carbocycles. The Labute approximate surface area is 89.3 Å². The van der Waals surface area contributed by atoms with Gasteiger partial charge in [-0.15, -0.1) is 0 Å². The SMILES string of the molecule is CC1CCS(=O)C(C)C(C2CC2C)N1. The van der Waals surface area contributed by atoms with Gasteiger partial charge < -0.3 is 5.32 Å².